The third kappa shape index (κ3) is 2.41. The monoisotopic (exact) mass is 287 g/mol. The van der Waals surface area contributed by atoms with E-state index in [0.29, 0.717) is 19.4 Å². The molecule has 2 fully saturated rings. The first-order valence-electron chi connectivity index (χ1n) is 6.30. The van der Waals surface area contributed by atoms with Crippen molar-refractivity contribution < 1.29 is 14.4 Å². The zero-order chi connectivity index (χ0) is 14.3. The van der Waals surface area contributed by atoms with Crippen LogP contribution in [0.1, 0.15) is 26.7 Å². The summed E-state index contributed by atoms with van der Waals surface area (Å²) in [7, 11) is 0. The number of alkyl halides is 1. The molecule has 0 aromatic rings. The fraction of sp³-hybridized carbons (Fsp3) is 0.750. The molecule has 1 atom stereocenters. The van der Waals surface area contributed by atoms with Crippen molar-refractivity contribution in [2.45, 2.75) is 32.2 Å². The highest BCUT2D eigenvalue weighted by Crippen LogP contribution is 2.28. The Kier molecular flexibility index (Phi) is 3.47. The molecular weight excluding hydrogens is 270 g/mol. The Bertz CT molecular complexity index is 438. The zero-order valence-corrected chi connectivity index (χ0v) is 11.8. The number of hydrogen-bond acceptors (Lipinski definition) is 3. The van der Waals surface area contributed by atoms with Crippen LogP contribution in [0, 0.1) is 5.41 Å². The molecule has 1 spiro atoms. The number of halogens is 1. The zero-order valence-electron chi connectivity index (χ0n) is 11.1. The molecule has 0 aromatic heterocycles. The molecule has 2 rings (SSSR count). The van der Waals surface area contributed by atoms with Gasteiger partial charge in [-0.2, -0.15) is 0 Å². The second kappa shape index (κ2) is 4.67. The van der Waals surface area contributed by atoms with Crippen LogP contribution < -0.4 is 10.6 Å². The highest BCUT2D eigenvalue weighted by molar-refractivity contribution is 6.19. The maximum absolute atomic E-state index is 12.4. The summed E-state index contributed by atoms with van der Waals surface area (Å²) in [5.41, 5.74) is -1.63. The van der Waals surface area contributed by atoms with Crippen LogP contribution in [-0.4, -0.2) is 47.3 Å². The van der Waals surface area contributed by atoms with Gasteiger partial charge in [-0.25, -0.2) is 4.79 Å². The molecule has 0 aromatic carbocycles. The molecule has 6 nitrogen and oxygen atoms in total. The first kappa shape index (κ1) is 14.1. The Morgan fingerprint density at radius 2 is 2.16 bits per heavy atom. The molecule has 2 N–H and O–H groups in total. The lowest BCUT2D eigenvalue weighted by Crippen LogP contribution is -2.61. The van der Waals surface area contributed by atoms with Gasteiger partial charge in [-0.05, 0) is 26.7 Å². The highest BCUT2D eigenvalue weighted by Gasteiger charge is 2.50. The number of amides is 4. The number of piperidine rings is 1. The first-order valence-corrected chi connectivity index (χ1v) is 6.83. The number of urea groups is 1. The Morgan fingerprint density at radius 1 is 1.47 bits per heavy atom. The number of carbonyl (C=O) groups is 3. The van der Waals surface area contributed by atoms with Crippen molar-refractivity contribution >= 4 is 29.4 Å². The summed E-state index contributed by atoms with van der Waals surface area (Å²) >= 11 is 5.81. The number of hydrogen-bond donors (Lipinski definition) is 2. The van der Waals surface area contributed by atoms with Crippen molar-refractivity contribution in [3.8, 4) is 0 Å². The van der Waals surface area contributed by atoms with Crippen LogP contribution in [-0.2, 0) is 9.59 Å². The van der Waals surface area contributed by atoms with Gasteiger partial charge in [-0.15, -0.1) is 11.6 Å². The SMILES string of the molecule is CC(C)(CCl)C(=O)N1CCCC2(C1)NC(=O)NC2=O. The fourth-order valence-electron chi connectivity index (χ4n) is 2.53. The van der Waals surface area contributed by atoms with Gasteiger partial charge >= 0.3 is 6.03 Å². The standard InChI is InChI=1S/C12H18ClN3O3/c1-11(2,6-13)9(18)16-5-3-4-12(7-16)8(17)14-10(19)15-12/h3-7H2,1-2H3,(H2,14,15,17,19). The summed E-state index contributed by atoms with van der Waals surface area (Å²) < 4.78 is 0. The average Bonchev–Trinajstić information content (AvgIpc) is 2.63. The number of carbonyl (C=O) groups excluding carboxylic acids is 3. The van der Waals surface area contributed by atoms with E-state index < -0.39 is 17.0 Å². The summed E-state index contributed by atoms with van der Waals surface area (Å²) in [5.74, 6) is -0.220. The molecule has 0 saturated carbocycles. The largest absolute Gasteiger partial charge is 0.339 e. The van der Waals surface area contributed by atoms with E-state index in [1.54, 1.807) is 18.7 Å². The van der Waals surface area contributed by atoms with E-state index in [0.717, 1.165) is 0 Å². The minimum atomic E-state index is -0.965. The van der Waals surface area contributed by atoms with Crippen LogP contribution in [0.4, 0.5) is 4.79 Å². The topological polar surface area (TPSA) is 78.5 Å². The van der Waals surface area contributed by atoms with Gasteiger partial charge in [0.05, 0.1) is 12.0 Å². The second-order valence-corrected chi connectivity index (χ2v) is 6.11. The molecular formula is C12H18ClN3O3. The minimum Gasteiger partial charge on any atom is -0.339 e. The predicted octanol–water partition coefficient (Wildman–Crippen LogP) is 0.452. The van der Waals surface area contributed by atoms with Gasteiger partial charge in [0.1, 0.15) is 5.54 Å². The maximum Gasteiger partial charge on any atom is 0.322 e. The van der Waals surface area contributed by atoms with Crippen molar-refractivity contribution in [1.29, 1.82) is 0 Å². The third-order valence-corrected chi connectivity index (χ3v) is 4.38. The lowest BCUT2D eigenvalue weighted by Gasteiger charge is -2.40. The van der Waals surface area contributed by atoms with Gasteiger partial charge in [0, 0.05) is 12.4 Å². The Labute approximate surface area is 116 Å². The maximum atomic E-state index is 12.4. The summed E-state index contributed by atoms with van der Waals surface area (Å²) in [6.07, 6.45) is 1.23. The van der Waals surface area contributed by atoms with E-state index >= 15 is 0 Å². The third-order valence-electron chi connectivity index (χ3n) is 3.71. The molecule has 2 aliphatic heterocycles. The van der Waals surface area contributed by atoms with Gasteiger partial charge in [-0.1, -0.05) is 0 Å². The quantitative estimate of drug-likeness (QED) is 0.572. The van der Waals surface area contributed by atoms with E-state index in [2.05, 4.69) is 10.6 Å². The van der Waals surface area contributed by atoms with E-state index in [4.69, 9.17) is 11.6 Å². The lowest BCUT2D eigenvalue weighted by molar-refractivity contribution is -0.143. The number of imide groups is 1. The van der Waals surface area contributed by atoms with Crippen molar-refractivity contribution in [2.24, 2.45) is 5.41 Å². The summed E-state index contributed by atoms with van der Waals surface area (Å²) in [5, 5.41) is 4.88. The van der Waals surface area contributed by atoms with Crippen molar-refractivity contribution in [3.63, 3.8) is 0 Å². The molecule has 1 unspecified atom stereocenters. The van der Waals surface area contributed by atoms with E-state index in [9.17, 15) is 14.4 Å². The molecule has 7 heteroatoms. The van der Waals surface area contributed by atoms with Crippen LogP contribution in [0.5, 0.6) is 0 Å². The molecule has 0 aliphatic carbocycles. The smallest absolute Gasteiger partial charge is 0.322 e. The number of likely N-dealkylation sites (tertiary alicyclic amines) is 1. The second-order valence-electron chi connectivity index (χ2n) is 5.84. The van der Waals surface area contributed by atoms with Crippen molar-refractivity contribution in [1.82, 2.24) is 15.5 Å². The van der Waals surface area contributed by atoms with Crippen LogP contribution in [0.3, 0.4) is 0 Å². The Balaban J connectivity index is 2.16. The predicted molar refractivity (Wildman–Crippen MR) is 69.7 cm³/mol. The molecule has 19 heavy (non-hydrogen) atoms. The number of nitrogens with zero attached hydrogens (tertiary/aromatic N) is 1. The molecule has 2 aliphatic rings. The molecule has 2 heterocycles. The van der Waals surface area contributed by atoms with Gasteiger partial charge in [0.25, 0.3) is 5.91 Å². The number of rotatable bonds is 2. The molecule has 0 bridgehead atoms. The van der Waals surface area contributed by atoms with Gasteiger partial charge in [-0.3, -0.25) is 14.9 Å². The first-order chi connectivity index (χ1) is 8.81. The van der Waals surface area contributed by atoms with Crippen LogP contribution >= 0.6 is 11.6 Å². The average molecular weight is 288 g/mol. The molecule has 106 valence electrons. The highest BCUT2D eigenvalue weighted by atomic mass is 35.5. The summed E-state index contributed by atoms with van der Waals surface area (Å²) in [4.78, 5) is 37.2. The van der Waals surface area contributed by atoms with E-state index in [1.165, 1.54) is 0 Å². The minimum absolute atomic E-state index is 0.0875. The molecule has 2 saturated heterocycles. The summed E-state index contributed by atoms with van der Waals surface area (Å²) in [6, 6.07) is -0.490. The van der Waals surface area contributed by atoms with Crippen LogP contribution in [0.25, 0.3) is 0 Å². The Hall–Kier alpha value is -1.30. The van der Waals surface area contributed by atoms with E-state index in [1.807, 2.05) is 0 Å². The van der Waals surface area contributed by atoms with Gasteiger partial charge in [0.2, 0.25) is 5.91 Å². The van der Waals surface area contributed by atoms with Gasteiger partial charge in [0.15, 0.2) is 0 Å². The summed E-state index contributed by atoms with van der Waals surface area (Å²) in [6.45, 7) is 4.35. The normalized spacial score (nSPS) is 27.4. The fourth-order valence-corrected chi connectivity index (χ4v) is 2.64. The van der Waals surface area contributed by atoms with E-state index in [-0.39, 0.29) is 24.2 Å². The van der Waals surface area contributed by atoms with Crippen molar-refractivity contribution in [2.75, 3.05) is 19.0 Å². The Morgan fingerprint density at radius 3 is 2.68 bits per heavy atom. The molecule has 4 amide bonds. The van der Waals surface area contributed by atoms with Crippen LogP contribution in [0.2, 0.25) is 0 Å². The lowest BCUT2D eigenvalue weighted by atomic mass is 9.86. The van der Waals surface area contributed by atoms with Gasteiger partial charge < -0.3 is 10.2 Å². The van der Waals surface area contributed by atoms with Crippen LogP contribution in [0.15, 0.2) is 0 Å². The molecule has 0 radical (unpaired) electrons. The number of nitrogens with one attached hydrogen (secondary N) is 2. The van der Waals surface area contributed by atoms with Crippen molar-refractivity contribution in [3.05, 3.63) is 0 Å².